The summed E-state index contributed by atoms with van der Waals surface area (Å²) in [6.07, 6.45) is 2.40. The molecule has 1 atom stereocenters. The SMILES string of the molecule is CN1CCN(c2cc(CNC(=O)CC3CSCCN3)ccn2)CC1. The van der Waals surface area contributed by atoms with Crippen molar-refractivity contribution in [1.82, 2.24) is 20.5 Å². The van der Waals surface area contributed by atoms with Crippen molar-refractivity contribution in [1.29, 1.82) is 0 Å². The number of amides is 1. The van der Waals surface area contributed by atoms with E-state index in [0.717, 1.165) is 55.6 Å². The fourth-order valence-electron chi connectivity index (χ4n) is 3.03. The highest BCUT2D eigenvalue weighted by molar-refractivity contribution is 7.99. The molecule has 1 amide bonds. The number of hydrogen-bond acceptors (Lipinski definition) is 6. The Balaban J connectivity index is 1.48. The summed E-state index contributed by atoms with van der Waals surface area (Å²) < 4.78 is 0. The maximum Gasteiger partial charge on any atom is 0.221 e. The Morgan fingerprint density at radius 2 is 2.25 bits per heavy atom. The van der Waals surface area contributed by atoms with Gasteiger partial charge in [-0.25, -0.2) is 4.98 Å². The molecule has 1 aromatic rings. The molecule has 0 bridgehead atoms. The number of thioether (sulfide) groups is 1. The lowest BCUT2D eigenvalue weighted by atomic mass is 10.2. The van der Waals surface area contributed by atoms with Crippen molar-refractivity contribution in [2.75, 3.05) is 56.2 Å². The number of rotatable bonds is 5. The number of likely N-dealkylation sites (N-methyl/N-ethyl adjacent to an activating group) is 1. The Morgan fingerprint density at radius 3 is 3.00 bits per heavy atom. The van der Waals surface area contributed by atoms with Crippen LogP contribution >= 0.6 is 11.8 Å². The van der Waals surface area contributed by atoms with Gasteiger partial charge in [-0.15, -0.1) is 0 Å². The van der Waals surface area contributed by atoms with Crippen molar-refractivity contribution in [3.63, 3.8) is 0 Å². The number of hydrogen-bond donors (Lipinski definition) is 2. The average molecular weight is 350 g/mol. The summed E-state index contributed by atoms with van der Waals surface area (Å²) in [5.74, 6) is 3.30. The van der Waals surface area contributed by atoms with E-state index < -0.39 is 0 Å². The van der Waals surface area contributed by atoms with Gasteiger partial charge in [0.15, 0.2) is 0 Å². The third-order valence-corrected chi connectivity index (χ3v) is 5.69. The van der Waals surface area contributed by atoms with E-state index in [0.29, 0.717) is 19.0 Å². The second kappa shape index (κ2) is 8.69. The number of aromatic nitrogens is 1. The molecule has 2 N–H and O–H groups in total. The quantitative estimate of drug-likeness (QED) is 0.809. The summed E-state index contributed by atoms with van der Waals surface area (Å²) in [6.45, 7) is 5.71. The molecule has 6 nitrogen and oxygen atoms in total. The van der Waals surface area contributed by atoms with Crippen molar-refractivity contribution in [2.45, 2.75) is 19.0 Å². The molecule has 132 valence electrons. The molecule has 3 rings (SSSR count). The van der Waals surface area contributed by atoms with Crippen molar-refractivity contribution in [2.24, 2.45) is 0 Å². The van der Waals surface area contributed by atoms with Gasteiger partial charge in [0, 0.05) is 69.4 Å². The second-order valence-corrected chi connectivity index (χ2v) is 7.67. The number of carbonyl (C=O) groups excluding carboxylic acids is 1. The Labute approximate surface area is 148 Å². The van der Waals surface area contributed by atoms with Crippen molar-refractivity contribution < 1.29 is 4.79 Å². The van der Waals surface area contributed by atoms with E-state index in [2.05, 4.69) is 38.5 Å². The summed E-state index contributed by atoms with van der Waals surface area (Å²) in [5, 5.41) is 6.44. The second-order valence-electron chi connectivity index (χ2n) is 6.52. The molecule has 1 aromatic heterocycles. The topological polar surface area (TPSA) is 60.5 Å². The molecule has 0 spiro atoms. The highest BCUT2D eigenvalue weighted by atomic mass is 32.2. The van der Waals surface area contributed by atoms with Gasteiger partial charge in [-0.1, -0.05) is 0 Å². The number of pyridine rings is 1. The lowest BCUT2D eigenvalue weighted by molar-refractivity contribution is -0.121. The minimum Gasteiger partial charge on any atom is -0.354 e. The highest BCUT2D eigenvalue weighted by Crippen LogP contribution is 2.15. The van der Waals surface area contributed by atoms with Gasteiger partial charge in [0.1, 0.15) is 5.82 Å². The van der Waals surface area contributed by atoms with Crippen LogP contribution in [0.1, 0.15) is 12.0 Å². The lowest BCUT2D eigenvalue weighted by Gasteiger charge is -2.33. The first-order valence-corrected chi connectivity index (χ1v) is 9.82. The zero-order chi connectivity index (χ0) is 16.8. The van der Waals surface area contributed by atoms with Crippen LogP contribution in [0.3, 0.4) is 0 Å². The summed E-state index contributed by atoms with van der Waals surface area (Å²) in [5.41, 5.74) is 1.11. The molecule has 0 aromatic carbocycles. The van der Waals surface area contributed by atoms with E-state index in [1.807, 2.05) is 24.0 Å². The first kappa shape index (κ1) is 17.5. The number of nitrogens with zero attached hydrogens (tertiary/aromatic N) is 3. The summed E-state index contributed by atoms with van der Waals surface area (Å²) in [7, 11) is 2.15. The third-order valence-electron chi connectivity index (χ3n) is 4.56. The van der Waals surface area contributed by atoms with Gasteiger partial charge < -0.3 is 20.4 Å². The maximum atomic E-state index is 12.1. The van der Waals surface area contributed by atoms with Gasteiger partial charge in [-0.2, -0.15) is 11.8 Å². The molecule has 2 fully saturated rings. The molecule has 1 unspecified atom stereocenters. The van der Waals surface area contributed by atoms with Crippen LogP contribution in [0.25, 0.3) is 0 Å². The first-order chi connectivity index (χ1) is 11.7. The Morgan fingerprint density at radius 1 is 1.42 bits per heavy atom. The number of piperazine rings is 1. The zero-order valence-corrected chi connectivity index (χ0v) is 15.1. The molecule has 0 saturated carbocycles. The summed E-state index contributed by atoms with van der Waals surface area (Å²) in [4.78, 5) is 21.3. The number of anilines is 1. The molecular formula is C17H27N5OS. The van der Waals surface area contributed by atoms with Crippen LogP contribution in [0.2, 0.25) is 0 Å². The molecule has 7 heteroatoms. The van der Waals surface area contributed by atoms with E-state index in [9.17, 15) is 4.79 Å². The average Bonchev–Trinajstić information content (AvgIpc) is 2.62. The van der Waals surface area contributed by atoms with Crippen LogP contribution in [0.4, 0.5) is 5.82 Å². The monoisotopic (exact) mass is 349 g/mol. The fourth-order valence-corrected chi connectivity index (χ4v) is 3.98. The van der Waals surface area contributed by atoms with E-state index in [4.69, 9.17) is 0 Å². The lowest BCUT2D eigenvalue weighted by Crippen LogP contribution is -2.44. The molecular weight excluding hydrogens is 322 g/mol. The van der Waals surface area contributed by atoms with E-state index >= 15 is 0 Å². The van der Waals surface area contributed by atoms with Crippen molar-refractivity contribution in [3.05, 3.63) is 23.9 Å². The molecule has 0 aliphatic carbocycles. The van der Waals surface area contributed by atoms with Crippen LogP contribution in [0, 0.1) is 0 Å². The molecule has 2 aliphatic rings. The zero-order valence-electron chi connectivity index (χ0n) is 14.3. The predicted molar refractivity (Wildman–Crippen MR) is 99.5 cm³/mol. The van der Waals surface area contributed by atoms with Gasteiger partial charge in [-0.05, 0) is 24.7 Å². The standard InChI is InChI=1S/C17H27N5OS/c1-21-5-7-22(8-6-21)16-10-14(2-3-19-16)12-20-17(23)11-15-13-24-9-4-18-15/h2-3,10,15,18H,4-9,11-13H2,1H3,(H,20,23). The normalized spacial score (nSPS) is 22.4. The minimum absolute atomic E-state index is 0.118. The van der Waals surface area contributed by atoms with Gasteiger partial charge in [-0.3, -0.25) is 4.79 Å². The van der Waals surface area contributed by atoms with Gasteiger partial charge >= 0.3 is 0 Å². The minimum atomic E-state index is 0.118. The molecule has 2 saturated heterocycles. The first-order valence-electron chi connectivity index (χ1n) is 8.67. The number of nitrogens with one attached hydrogen (secondary N) is 2. The van der Waals surface area contributed by atoms with Crippen LogP contribution in [0.5, 0.6) is 0 Å². The Kier molecular flexibility index (Phi) is 6.34. The van der Waals surface area contributed by atoms with Gasteiger partial charge in [0.25, 0.3) is 0 Å². The highest BCUT2D eigenvalue weighted by Gasteiger charge is 2.17. The van der Waals surface area contributed by atoms with E-state index in [-0.39, 0.29) is 5.91 Å². The third kappa shape index (κ3) is 5.09. The largest absolute Gasteiger partial charge is 0.354 e. The van der Waals surface area contributed by atoms with E-state index in [1.54, 1.807) is 0 Å². The van der Waals surface area contributed by atoms with Crippen molar-refractivity contribution in [3.8, 4) is 0 Å². The van der Waals surface area contributed by atoms with Gasteiger partial charge in [0.2, 0.25) is 5.91 Å². The maximum absolute atomic E-state index is 12.1. The van der Waals surface area contributed by atoms with Crippen LogP contribution in [-0.4, -0.2) is 73.1 Å². The summed E-state index contributed by atoms with van der Waals surface area (Å²) >= 11 is 1.92. The molecule has 2 aliphatic heterocycles. The smallest absolute Gasteiger partial charge is 0.221 e. The van der Waals surface area contributed by atoms with Crippen LogP contribution < -0.4 is 15.5 Å². The van der Waals surface area contributed by atoms with Crippen LogP contribution in [0.15, 0.2) is 18.3 Å². The molecule has 3 heterocycles. The molecule has 24 heavy (non-hydrogen) atoms. The van der Waals surface area contributed by atoms with Crippen molar-refractivity contribution >= 4 is 23.5 Å². The Hall–Kier alpha value is -1.31. The Bertz CT molecular complexity index is 542. The molecule has 0 radical (unpaired) electrons. The number of carbonyl (C=O) groups is 1. The van der Waals surface area contributed by atoms with Gasteiger partial charge in [0.05, 0.1) is 0 Å². The predicted octanol–water partition coefficient (Wildman–Crippen LogP) is 0.545. The van der Waals surface area contributed by atoms with E-state index in [1.165, 1.54) is 0 Å². The fraction of sp³-hybridized carbons (Fsp3) is 0.647. The summed E-state index contributed by atoms with van der Waals surface area (Å²) in [6, 6.07) is 4.39. The van der Waals surface area contributed by atoms with Crippen LogP contribution in [-0.2, 0) is 11.3 Å².